The van der Waals surface area contributed by atoms with Crippen LogP contribution in [-0.2, 0) is 6.54 Å². The number of nitrogens with zero attached hydrogens (tertiary/aromatic N) is 3. The van der Waals surface area contributed by atoms with Crippen molar-refractivity contribution in [3.63, 3.8) is 0 Å². The van der Waals surface area contributed by atoms with Crippen LogP contribution < -0.4 is 14.4 Å². The van der Waals surface area contributed by atoms with Gasteiger partial charge >= 0.3 is 6.03 Å². The number of aromatic nitrogens is 2. The summed E-state index contributed by atoms with van der Waals surface area (Å²) in [6.07, 6.45) is 7.85. The number of carbonyl (C=O) groups excluding carboxylic acids is 1. The average molecular weight is 423 g/mol. The third-order valence-corrected chi connectivity index (χ3v) is 5.69. The zero-order chi connectivity index (χ0) is 21.6. The van der Waals surface area contributed by atoms with Gasteiger partial charge in [-0.05, 0) is 42.7 Å². The Morgan fingerprint density at radius 1 is 1.13 bits per heavy atom. The fraction of sp³-hybridized carbons (Fsp3) is 0.417. The van der Waals surface area contributed by atoms with Crippen LogP contribution in [0.1, 0.15) is 38.2 Å². The zero-order valence-corrected chi connectivity index (χ0v) is 18.3. The fourth-order valence-corrected chi connectivity index (χ4v) is 4.01. The second-order valence-corrected chi connectivity index (χ2v) is 7.81. The summed E-state index contributed by atoms with van der Waals surface area (Å²) in [5.41, 5.74) is 2.78. The molecule has 4 rings (SSSR count). The van der Waals surface area contributed by atoms with E-state index in [2.05, 4.69) is 16.9 Å². The SMILES string of the molecule is CCCCCOc1cc(N2CCCN(Cc3ccnc4[nH]ccc34)C2=O)ccc1OC. The van der Waals surface area contributed by atoms with Gasteiger partial charge in [0, 0.05) is 49.2 Å². The van der Waals surface area contributed by atoms with Crippen LogP contribution in [0, 0.1) is 0 Å². The van der Waals surface area contributed by atoms with Crippen molar-refractivity contribution in [1.29, 1.82) is 0 Å². The van der Waals surface area contributed by atoms with Gasteiger partial charge in [0.15, 0.2) is 11.5 Å². The molecule has 7 nitrogen and oxygen atoms in total. The molecule has 2 aromatic heterocycles. The fourth-order valence-electron chi connectivity index (χ4n) is 4.01. The van der Waals surface area contributed by atoms with E-state index < -0.39 is 0 Å². The van der Waals surface area contributed by atoms with Crippen molar-refractivity contribution < 1.29 is 14.3 Å². The molecule has 0 unspecified atom stereocenters. The highest BCUT2D eigenvalue weighted by Crippen LogP contribution is 2.33. The predicted octanol–water partition coefficient (Wildman–Crippen LogP) is 4.97. The van der Waals surface area contributed by atoms with Crippen LogP contribution in [0.2, 0.25) is 0 Å². The molecule has 3 heterocycles. The van der Waals surface area contributed by atoms with E-state index >= 15 is 0 Å². The van der Waals surface area contributed by atoms with Crippen molar-refractivity contribution in [2.75, 3.05) is 31.7 Å². The van der Waals surface area contributed by atoms with Crippen LogP contribution in [0.5, 0.6) is 11.5 Å². The summed E-state index contributed by atoms with van der Waals surface area (Å²) >= 11 is 0. The Hall–Kier alpha value is -3.22. The Morgan fingerprint density at radius 2 is 2.03 bits per heavy atom. The molecule has 3 aromatic rings. The van der Waals surface area contributed by atoms with Crippen molar-refractivity contribution in [3.8, 4) is 11.5 Å². The molecule has 1 fully saturated rings. The Bertz CT molecular complexity index is 1030. The predicted molar refractivity (Wildman–Crippen MR) is 122 cm³/mol. The van der Waals surface area contributed by atoms with Gasteiger partial charge in [-0.3, -0.25) is 4.90 Å². The van der Waals surface area contributed by atoms with Gasteiger partial charge in [-0.2, -0.15) is 0 Å². The molecule has 7 heteroatoms. The molecule has 1 aliphatic rings. The maximum atomic E-state index is 13.3. The Morgan fingerprint density at radius 3 is 2.87 bits per heavy atom. The quantitative estimate of drug-likeness (QED) is 0.494. The number of ether oxygens (including phenoxy) is 2. The van der Waals surface area contributed by atoms with E-state index in [-0.39, 0.29) is 6.03 Å². The summed E-state index contributed by atoms with van der Waals surface area (Å²) in [6, 6.07) is 9.73. The highest BCUT2D eigenvalue weighted by Gasteiger charge is 2.28. The molecule has 0 aliphatic carbocycles. The lowest BCUT2D eigenvalue weighted by atomic mass is 10.1. The number of fused-ring (bicyclic) bond motifs is 1. The van der Waals surface area contributed by atoms with Crippen molar-refractivity contribution in [3.05, 3.63) is 48.3 Å². The van der Waals surface area contributed by atoms with E-state index in [1.807, 2.05) is 46.3 Å². The monoisotopic (exact) mass is 422 g/mol. The number of pyridine rings is 1. The van der Waals surface area contributed by atoms with E-state index in [4.69, 9.17) is 9.47 Å². The number of rotatable bonds is 9. The van der Waals surface area contributed by atoms with Crippen molar-refractivity contribution in [2.45, 2.75) is 39.2 Å². The van der Waals surface area contributed by atoms with Crippen LogP contribution in [0.3, 0.4) is 0 Å². The zero-order valence-electron chi connectivity index (χ0n) is 18.3. The largest absolute Gasteiger partial charge is 0.493 e. The summed E-state index contributed by atoms with van der Waals surface area (Å²) in [6.45, 7) is 4.79. The number of H-pyrrole nitrogens is 1. The van der Waals surface area contributed by atoms with Crippen molar-refractivity contribution in [2.24, 2.45) is 0 Å². The van der Waals surface area contributed by atoms with E-state index in [0.29, 0.717) is 31.2 Å². The maximum absolute atomic E-state index is 13.3. The molecule has 1 aromatic carbocycles. The third-order valence-electron chi connectivity index (χ3n) is 5.69. The first-order chi connectivity index (χ1) is 15.2. The van der Waals surface area contributed by atoms with Gasteiger partial charge in [-0.1, -0.05) is 19.8 Å². The number of anilines is 1. The van der Waals surface area contributed by atoms with Crippen LogP contribution in [0.25, 0.3) is 11.0 Å². The van der Waals surface area contributed by atoms with Gasteiger partial charge in [0.1, 0.15) is 5.65 Å². The molecule has 0 spiro atoms. The summed E-state index contributed by atoms with van der Waals surface area (Å²) in [7, 11) is 1.64. The topological polar surface area (TPSA) is 70.7 Å². The molecular weight excluding hydrogens is 392 g/mol. The van der Waals surface area contributed by atoms with E-state index in [9.17, 15) is 4.79 Å². The average Bonchev–Trinajstić information content (AvgIpc) is 3.28. The highest BCUT2D eigenvalue weighted by molar-refractivity contribution is 5.93. The van der Waals surface area contributed by atoms with Gasteiger partial charge in [0.05, 0.1) is 13.7 Å². The molecule has 2 amide bonds. The standard InChI is InChI=1S/C24H30N4O3/c1-3-4-5-15-31-22-16-19(7-8-21(22)30-2)28-14-6-13-27(24(28)29)17-18-9-11-25-23-20(18)10-12-26-23/h7-12,16H,3-6,13-15,17H2,1-2H3,(H,25,26). The number of urea groups is 1. The van der Waals surface area contributed by atoms with Gasteiger partial charge < -0.3 is 19.4 Å². The molecule has 0 saturated carbocycles. The molecule has 1 N–H and O–H groups in total. The molecule has 1 saturated heterocycles. The molecule has 0 atom stereocenters. The second-order valence-electron chi connectivity index (χ2n) is 7.81. The van der Waals surface area contributed by atoms with Gasteiger partial charge in [-0.15, -0.1) is 0 Å². The normalized spacial score (nSPS) is 14.3. The van der Waals surface area contributed by atoms with Gasteiger partial charge in [0.25, 0.3) is 0 Å². The lowest BCUT2D eigenvalue weighted by Gasteiger charge is -2.36. The van der Waals surface area contributed by atoms with E-state index in [1.165, 1.54) is 0 Å². The first kappa shape index (κ1) is 21.0. The van der Waals surface area contributed by atoms with Crippen LogP contribution in [-0.4, -0.2) is 47.7 Å². The van der Waals surface area contributed by atoms with Crippen LogP contribution in [0.15, 0.2) is 42.7 Å². The number of hydrogen-bond donors (Lipinski definition) is 1. The second kappa shape index (κ2) is 9.73. The van der Waals surface area contributed by atoms with Crippen LogP contribution in [0.4, 0.5) is 10.5 Å². The number of carbonyl (C=O) groups is 1. The number of benzene rings is 1. The van der Waals surface area contributed by atoms with Gasteiger partial charge in [0.2, 0.25) is 0 Å². The van der Waals surface area contributed by atoms with Crippen molar-refractivity contribution in [1.82, 2.24) is 14.9 Å². The molecule has 164 valence electrons. The minimum absolute atomic E-state index is 0.00819. The molecule has 31 heavy (non-hydrogen) atoms. The lowest BCUT2D eigenvalue weighted by Crippen LogP contribution is -2.49. The third kappa shape index (κ3) is 4.60. The summed E-state index contributed by atoms with van der Waals surface area (Å²) in [5.74, 6) is 1.37. The summed E-state index contributed by atoms with van der Waals surface area (Å²) in [4.78, 5) is 24.5. The Kier molecular flexibility index (Phi) is 6.60. The molecule has 1 aliphatic heterocycles. The number of amides is 2. The smallest absolute Gasteiger partial charge is 0.324 e. The Balaban J connectivity index is 1.51. The number of unbranched alkanes of at least 4 members (excludes halogenated alkanes) is 2. The summed E-state index contributed by atoms with van der Waals surface area (Å²) in [5, 5.41) is 1.06. The Labute approximate surface area is 183 Å². The van der Waals surface area contributed by atoms with Crippen molar-refractivity contribution >= 4 is 22.8 Å². The molecule has 0 bridgehead atoms. The maximum Gasteiger partial charge on any atom is 0.324 e. The minimum atomic E-state index is 0.00819. The van der Waals surface area contributed by atoms with Gasteiger partial charge in [-0.25, -0.2) is 9.78 Å². The first-order valence-electron chi connectivity index (χ1n) is 11.0. The summed E-state index contributed by atoms with van der Waals surface area (Å²) < 4.78 is 11.4. The van der Waals surface area contributed by atoms with Crippen LogP contribution >= 0.6 is 0 Å². The number of methoxy groups -OCH3 is 1. The van der Waals surface area contributed by atoms with E-state index in [0.717, 1.165) is 54.5 Å². The molecular formula is C24H30N4O3. The first-order valence-corrected chi connectivity index (χ1v) is 11.0. The minimum Gasteiger partial charge on any atom is -0.493 e. The number of aromatic amines is 1. The molecule has 0 radical (unpaired) electrons. The van der Waals surface area contributed by atoms with E-state index in [1.54, 1.807) is 13.3 Å². The highest BCUT2D eigenvalue weighted by atomic mass is 16.5. The number of hydrogen-bond acceptors (Lipinski definition) is 4. The lowest BCUT2D eigenvalue weighted by molar-refractivity contribution is 0.192. The number of nitrogens with one attached hydrogen (secondary N) is 1.